The van der Waals surface area contributed by atoms with Gasteiger partial charge in [0.05, 0.1) is 17.8 Å². The van der Waals surface area contributed by atoms with Crippen LogP contribution in [0.5, 0.6) is 0 Å². The zero-order valence-corrected chi connectivity index (χ0v) is 13.3. The first-order valence-electron chi connectivity index (χ1n) is 8.15. The molecule has 0 aromatic carbocycles. The third-order valence-corrected chi connectivity index (χ3v) is 4.85. The van der Waals surface area contributed by atoms with Gasteiger partial charge >= 0.3 is 0 Å². The standard InChI is InChI=1S/C17H26N4/c1-19-9-11-21(12-10-19)17(16-5-3-4-6-16)8-7-15-13-18-20(2)14-15/h13-14,16-17H,3-6,9-12H2,1-2H3. The Balaban J connectivity index is 1.74. The Bertz CT molecular complexity index is 510. The Morgan fingerprint density at radius 1 is 1.14 bits per heavy atom. The van der Waals surface area contributed by atoms with Crippen molar-refractivity contribution in [3.05, 3.63) is 18.0 Å². The molecule has 1 aromatic heterocycles. The van der Waals surface area contributed by atoms with Crippen molar-refractivity contribution in [2.45, 2.75) is 31.7 Å². The molecule has 2 aliphatic rings. The highest BCUT2D eigenvalue weighted by Crippen LogP contribution is 2.30. The molecule has 114 valence electrons. The zero-order chi connectivity index (χ0) is 14.7. The number of likely N-dealkylation sites (N-methyl/N-ethyl adjacent to an activating group) is 1. The van der Waals surface area contributed by atoms with Gasteiger partial charge in [-0.3, -0.25) is 9.58 Å². The van der Waals surface area contributed by atoms with Crippen LogP contribution in [-0.4, -0.2) is 58.8 Å². The molecule has 0 spiro atoms. The molecule has 21 heavy (non-hydrogen) atoms. The van der Waals surface area contributed by atoms with E-state index in [0.29, 0.717) is 6.04 Å². The SMILES string of the molecule is CN1CCN(C(C#Cc2cnn(C)c2)C2CCCC2)CC1. The van der Waals surface area contributed by atoms with Crippen LogP contribution in [0.15, 0.2) is 12.4 Å². The number of aryl methyl sites for hydroxylation is 1. The second kappa shape index (κ2) is 6.64. The van der Waals surface area contributed by atoms with E-state index < -0.39 is 0 Å². The number of rotatable bonds is 2. The first-order chi connectivity index (χ1) is 10.2. The molecular weight excluding hydrogens is 260 g/mol. The van der Waals surface area contributed by atoms with Crippen LogP contribution < -0.4 is 0 Å². The van der Waals surface area contributed by atoms with Gasteiger partial charge < -0.3 is 4.90 Å². The van der Waals surface area contributed by atoms with E-state index in [0.717, 1.165) is 37.7 Å². The van der Waals surface area contributed by atoms with Crippen molar-refractivity contribution in [1.82, 2.24) is 19.6 Å². The van der Waals surface area contributed by atoms with Gasteiger partial charge in [0.15, 0.2) is 0 Å². The van der Waals surface area contributed by atoms with Gasteiger partial charge in [-0.15, -0.1) is 0 Å². The number of aromatic nitrogens is 2. The monoisotopic (exact) mass is 286 g/mol. The molecule has 0 N–H and O–H groups in total. The number of piperazine rings is 1. The van der Waals surface area contributed by atoms with Crippen molar-refractivity contribution in [2.24, 2.45) is 13.0 Å². The van der Waals surface area contributed by atoms with Crippen LogP contribution in [0.2, 0.25) is 0 Å². The van der Waals surface area contributed by atoms with Crippen molar-refractivity contribution in [1.29, 1.82) is 0 Å². The number of hydrogen-bond acceptors (Lipinski definition) is 3. The molecule has 1 saturated carbocycles. The van der Waals surface area contributed by atoms with E-state index in [4.69, 9.17) is 0 Å². The van der Waals surface area contributed by atoms with E-state index in [1.54, 1.807) is 0 Å². The van der Waals surface area contributed by atoms with Crippen LogP contribution in [0.25, 0.3) is 0 Å². The maximum absolute atomic E-state index is 4.21. The molecule has 0 radical (unpaired) electrons. The Morgan fingerprint density at radius 2 is 1.86 bits per heavy atom. The number of nitrogens with zero attached hydrogens (tertiary/aromatic N) is 4. The second-order valence-corrected chi connectivity index (χ2v) is 6.50. The molecule has 1 atom stereocenters. The summed E-state index contributed by atoms with van der Waals surface area (Å²) >= 11 is 0. The Hall–Kier alpha value is -1.31. The van der Waals surface area contributed by atoms with E-state index in [1.165, 1.54) is 25.7 Å². The number of hydrogen-bond donors (Lipinski definition) is 0. The van der Waals surface area contributed by atoms with Crippen molar-refractivity contribution in [3.63, 3.8) is 0 Å². The normalized spacial score (nSPS) is 23.0. The molecule has 1 aromatic rings. The van der Waals surface area contributed by atoms with Crippen molar-refractivity contribution in [2.75, 3.05) is 33.2 Å². The molecule has 0 bridgehead atoms. The summed E-state index contributed by atoms with van der Waals surface area (Å²) in [6, 6.07) is 0.432. The predicted molar refractivity (Wildman–Crippen MR) is 84.9 cm³/mol. The Kier molecular flexibility index (Phi) is 4.62. The van der Waals surface area contributed by atoms with Crippen LogP contribution in [0.1, 0.15) is 31.2 Å². The van der Waals surface area contributed by atoms with E-state index in [9.17, 15) is 0 Å². The third kappa shape index (κ3) is 3.66. The van der Waals surface area contributed by atoms with E-state index >= 15 is 0 Å². The fraction of sp³-hybridized carbons (Fsp3) is 0.706. The first-order valence-corrected chi connectivity index (χ1v) is 8.15. The summed E-state index contributed by atoms with van der Waals surface area (Å²) in [4.78, 5) is 5.02. The maximum Gasteiger partial charge on any atom is 0.0747 e. The van der Waals surface area contributed by atoms with Gasteiger partial charge in [-0.2, -0.15) is 5.10 Å². The highest BCUT2D eigenvalue weighted by atomic mass is 15.3. The van der Waals surface area contributed by atoms with Crippen LogP contribution in [0.3, 0.4) is 0 Å². The van der Waals surface area contributed by atoms with Crippen LogP contribution in [0, 0.1) is 17.8 Å². The minimum Gasteiger partial charge on any atom is -0.304 e. The summed E-state index contributed by atoms with van der Waals surface area (Å²) in [6.45, 7) is 4.63. The lowest BCUT2D eigenvalue weighted by Gasteiger charge is -2.38. The summed E-state index contributed by atoms with van der Waals surface area (Å²) < 4.78 is 1.82. The fourth-order valence-electron chi connectivity index (χ4n) is 3.52. The van der Waals surface area contributed by atoms with Crippen molar-refractivity contribution in [3.8, 4) is 11.8 Å². The average Bonchev–Trinajstić information content (AvgIpc) is 3.13. The van der Waals surface area contributed by atoms with E-state index in [-0.39, 0.29) is 0 Å². The van der Waals surface area contributed by atoms with Gasteiger partial charge in [0.25, 0.3) is 0 Å². The lowest BCUT2D eigenvalue weighted by atomic mass is 9.96. The van der Waals surface area contributed by atoms with Gasteiger partial charge in [-0.05, 0) is 25.8 Å². The minimum absolute atomic E-state index is 0.432. The summed E-state index contributed by atoms with van der Waals surface area (Å²) in [7, 11) is 4.16. The quantitative estimate of drug-likeness (QED) is 0.772. The van der Waals surface area contributed by atoms with Crippen LogP contribution >= 0.6 is 0 Å². The second-order valence-electron chi connectivity index (χ2n) is 6.50. The molecule has 4 heteroatoms. The average molecular weight is 286 g/mol. The molecule has 1 aliphatic heterocycles. The zero-order valence-electron chi connectivity index (χ0n) is 13.3. The highest BCUT2D eigenvalue weighted by Gasteiger charge is 2.30. The van der Waals surface area contributed by atoms with Gasteiger partial charge in [-0.25, -0.2) is 0 Å². The van der Waals surface area contributed by atoms with Gasteiger partial charge in [0, 0.05) is 39.4 Å². The molecule has 2 fully saturated rings. The minimum atomic E-state index is 0.432. The smallest absolute Gasteiger partial charge is 0.0747 e. The lowest BCUT2D eigenvalue weighted by Crippen LogP contribution is -2.50. The third-order valence-electron chi connectivity index (χ3n) is 4.85. The van der Waals surface area contributed by atoms with Crippen molar-refractivity contribution < 1.29 is 0 Å². The van der Waals surface area contributed by atoms with E-state index in [1.807, 2.05) is 24.1 Å². The molecule has 4 nitrogen and oxygen atoms in total. The topological polar surface area (TPSA) is 24.3 Å². The lowest BCUT2D eigenvalue weighted by molar-refractivity contribution is 0.108. The highest BCUT2D eigenvalue weighted by molar-refractivity contribution is 5.31. The molecule has 3 rings (SSSR count). The molecule has 1 aliphatic carbocycles. The Morgan fingerprint density at radius 3 is 2.48 bits per heavy atom. The maximum atomic E-state index is 4.21. The molecule has 0 amide bonds. The predicted octanol–water partition coefficient (Wildman–Crippen LogP) is 1.58. The first kappa shape index (κ1) is 14.6. The molecule has 2 heterocycles. The molecular formula is C17H26N4. The summed E-state index contributed by atoms with van der Waals surface area (Å²) in [5.41, 5.74) is 1.04. The van der Waals surface area contributed by atoms with Crippen LogP contribution in [-0.2, 0) is 7.05 Å². The Labute approximate surface area is 128 Å². The van der Waals surface area contributed by atoms with Gasteiger partial charge in [-0.1, -0.05) is 24.7 Å². The summed E-state index contributed by atoms with van der Waals surface area (Å²) in [5.74, 6) is 7.70. The van der Waals surface area contributed by atoms with Crippen LogP contribution in [0.4, 0.5) is 0 Å². The molecule has 1 saturated heterocycles. The summed E-state index contributed by atoms with van der Waals surface area (Å²) in [5, 5.41) is 4.21. The largest absolute Gasteiger partial charge is 0.304 e. The molecule has 1 unspecified atom stereocenters. The fourth-order valence-corrected chi connectivity index (χ4v) is 3.52. The summed E-state index contributed by atoms with van der Waals surface area (Å²) in [6.07, 6.45) is 9.32. The van der Waals surface area contributed by atoms with Crippen molar-refractivity contribution >= 4 is 0 Å². The van der Waals surface area contributed by atoms with Gasteiger partial charge in [0.2, 0.25) is 0 Å². The van der Waals surface area contributed by atoms with Gasteiger partial charge in [0.1, 0.15) is 0 Å². The van der Waals surface area contributed by atoms with E-state index in [2.05, 4.69) is 33.8 Å².